The second kappa shape index (κ2) is 5.64. The molecular formula is C14H14ClN3O2. The van der Waals surface area contributed by atoms with E-state index in [0.717, 1.165) is 13.0 Å². The Bertz CT molecular complexity index is 620. The SMILES string of the molecule is O=C(Nc1cnn([C@@H]2CCOC2)c1)c1ccccc1Cl. The standard InChI is InChI=1S/C14H14ClN3O2/c15-13-4-2-1-3-12(13)14(19)17-10-7-16-18(8-10)11-5-6-20-9-11/h1-4,7-8,11H,5-6,9H2,(H,17,19)/t11-/m1/s1. The maximum absolute atomic E-state index is 12.1. The van der Waals surface area contributed by atoms with Crippen LogP contribution in [0.5, 0.6) is 0 Å². The van der Waals surface area contributed by atoms with Crippen molar-refractivity contribution in [2.24, 2.45) is 0 Å². The smallest absolute Gasteiger partial charge is 0.257 e. The number of carbonyl (C=O) groups excluding carboxylic acids is 1. The minimum Gasteiger partial charge on any atom is -0.379 e. The van der Waals surface area contributed by atoms with Crippen LogP contribution in [0, 0.1) is 0 Å². The van der Waals surface area contributed by atoms with Crippen LogP contribution in [0.1, 0.15) is 22.8 Å². The Labute approximate surface area is 121 Å². The fourth-order valence-corrected chi connectivity index (χ4v) is 2.40. The number of hydrogen-bond donors (Lipinski definition) is 1. The number of carbonyl (C=O) groups is 1. The second-order valence-electron chi connectivity index (χ2n) is 4.66. The first kappa shape index (κ1) is 13.1. The maximum atomic E-state index is 12.1. The molecule has 1 atom stereocenters. The zero-order valence-electron chi connectivity index (χ0n) is 10.8. The van der Waals surface area contributed by atoms with Crippen molar-refractivity contribution in [1.82, 2.24) is 9.78 Å². The Morgan fingerprint density at radius 2 is 2.30 bits per heavy atom. The molecule has 6 heteroatoms. The van der Waals surface area contributed by atoms with Crippen LogP contribution in [0.4, 0.5) is 5.69 Å². The van der Waals surface area contributed by atoms with Gasteiger partial charge in [0.1, 0.15) is 0 Å². The normalized spacial score (nSPS) is 18.1. The van der Waals surface area contributed by atoms with Crippen LogP contribution < -0.4 is 5.32 Å². The fraction of sp³-hybridized carbons (Fsp3) is 0.286. The summed E-state index contributed by atoms with van der Waals surface area (Å²) in [4.78, 5) is 12.1. The first-order chi connectivity index (χ1) is 9.74. The van der Waals surface area contributed by atoms with E-state index in [2.05, 4.69) is 10.4 Å². The Kier molecular flexibility index (Phi) is 3.71. The van der Waals surface area contributed by atoms with Gasteiger partial charge in [0, 0.05) is 12.8 Å². The topological polar surface area (TPSA) is 56.2 Å². The van der Waals surface area contributed by atoms with Crippen LogP contribution in [-0.4, -0.2) is 28.9 Å². The highest BCUT2D eigenvalue weighted by Gasteiger charge is 2.19. The summed E-state index contributed by atoms with van der Waals surface area (Å²) < 4.78 is 7.15. The Morgan fingerprint density at radius 1 is 1.45 bits per heavy atom. The van der Waals surface area contributed by atoms with Gasteiger partial charge in [-0.2, -0.15) is 5.10 Å². The van der Waals surface area contributed by atoms with Gasteiger partial charge in [0.25, 0.3) is 5.91 Å². The minimum absolute atomic E-state index is 0.238. The van der Waals surface area contributed by atoms with E-state index in [1.807, 2.05) is 10.9 Å². The molecule has 3 rings (SSSR count). The third kappa shape index (κ3) is 2.69. The molecule has 0 bridgehead atoms. The Hall–Kier alpha value is -1.85. The van der Waals surface area contributed by atoms with Gasteiger partial charge in [-0.25, -0.2) is 0 Å². The third-order valence-electron chi connectivity index (χ3n) is 3.26. The van der Waals surface area contributed by atoms with Gasteiger partial charge in [-0.05, 0) is 18.6 Å². The number of rotatable bonds is 3. The summed E-state index contributed by atoms with van der Waals surface area (Å²) in [6.45, 7) is 1.42. The quantitative estimate of drug-likeness (QED) is 0.946. The third-order valence-corrected chi connectivity index (χ3v) is 3.59. The molecule has 0 saturated carbocycles. The molecule has 2 heterocycles. The molecule has 1 fully saturated rings. The number of ether oxygens (including phenoxy) is 1. The van der Waals surface area contributed by atoms with Gasteiger partial charge in [0.15, 0.2) is 0 Å². The molecule has 0 radical (unpaired) electrons. The van der Waals surface area contributed by atoms with Crippen molar-refractivity contribution in [2.45, 2.75) is 12.5 Å². The average Bonchev–Trinajstić information content (AvgIpc) is 3.09. The number of benzene rings is 1. The Morgan fingerprint density at radius 3 is 3.05 bits per heavy atom. The van der Waals surface area contributed by atoms with Gasteiger partial charge in [-0.1, -0.05) is 23.7 Å². The number of aromatic nitrogens is 2. The number of halogens is 1. The van der Waals surface area contributed by atoms with Gasteiger partial charge in [-0.3, -0.25) is 9.48 Å². The average molecular weight is 292 g/mol. The van der Waals surface area contributed by atoms with Crippen LogP contribution in [-0.2, 0) is 4.74 Å². The lowest BCUT2D eigenvalue weighted by Crippen LogP contribution is -2.12. The van der Waals surface area contributed by atoms with Crippen molar-refractivity contribution in [3.05, 3.63) is 47.2 Å². The lowest BCUT2D eigenvalue weighted by atomic mass is 10.2. The van der Waals surface area contributed by atoms with Crippen LogP contribution in [0.25, 0.3) is 0 Å². The van der Waals surface area contributed by atoms with Gasteiger partial charge in [0.2, 0.25) is 0 Å². The molecule has 0 aliphatic carbocycles. The zero-order valence-corrected chi connectivity index (χ0v) is 11.5. The molecule has 5 nitrogen and oxygen atoms in total. The van der Waals surface area contributed by atoms with Gasteiger partial charge in [0.05, 0.1) is 35.1 Å². The van der Waals surface area contributed by atoms with E-state index < -0.39 is 0 Å². The maximum Gasteiger partial charge on any atom is 0.257 e. The molecule has 1 aromatic carbocycles. The van der Waals surface area contributed by atoms with E-state index in [-0.39, 0.29) is 11.9 Å². The molecule has 20 heavy (non-hydrogen) atoms. The highest BCUT2D eigenvalue weighted by atomic mass is 35.5. The molecule has 104 valence electrons. The number of amides is 1. The van der Waals surface area contributed by atoms with Gasteiger partial charge >= 0.3 is 0 Å². The molecule has 2 aromatic rings. The summed E-state index contributed by atoms with van der Waals surface area (Å²) in [6.07, 6.45) is 4.39. The number of anilines is 1. The fourth-order valence-electron chi connectivity index (χ4n) is 2.18. The highest BCUT2D eigenvalue weighted by molar-refractivity contribution is 6.34. The van der Waals surface area contributed by atoms with Crippen molar-refractivity contribution >= 4 is 23.2 Å². The molecule has 1 N–H and O–H groups in total. The van der Waals surface area contributed by atoms with Crippen molar-refractivity contribution in [2.75, 3.05) is 18.5 Å². The van der Waals surface area contributed by atoms with E-state index in [4.69, 9.17) is 16.3 Å². The predicted molar refractivity (Wildman–Crippen MR) is 76.1 cm³/mol. The summed E-state index contributed by atoms with van der Waals surface area (Å²) in [7, 11) is 0. The van der Waals surface area contributed by atoms with Crippen molar-refractivity contribution in [3.8, 4) is 0 Å². The number of hydrogen-bond acceptors (Lipinski definition) is 3. The molecule has 0 spiro atoms. The lowest BCUT2D eigenvalue weighted by molar-refractivity contribution is 0.102. The molecule has 1 saturated heterocycles. The summed E-state index contributed by atoms with van der Waals surface area (Å²) in [5.41, 5.74) is 1.10. The van der Waals surface area contributed by atoms with Crippen molar-refractivity contribution in [1.29, 1.82) is 0 Å². The van der Waals surface area contributed by atoms with Crippen molar-refractivity contribution in [3.63, 3.8) is 0 Å². The molecule has 1 aliphatic rings. The summed E-state index contributed by atoms with van der Waals surface area (Å²) in [5.74, 6) is -0.238. The monoisotopic (exact) mass is 291 g/mol. The minimum atomic E-state index is -0.238. The molecular weight excluding hydrogens is 278 g/mol. The van der Waals surface area contributed by atoms with Gasteiger partial charge < -0.3 is 10.1 Å². The van der Waals surface area contributed by atoms with Crippen LogP contribution >= 0.6 is 11.6 Å². The molecule has 1 aromatic heterocycles. The number of nitrogens with zero attached hydrogens (tertiary/aromatic N) is 2. The predicted octanol–water partition coefficient (Wildman–Crippen LogP) is 2.75. The molecule has 0 unspecified atom stereocenters. The van der Waals surface area contributed by atoms with E-state index in [9.17, 15) is 4.79 Å². The molecule has 1 amide bonds. The highest BCUT2D eigenvalue weighted by Crippen LogP contribution is 2.21. The van der Waals surface area contributed by atoms with Crippen molar-refractivity contribution < 1.29 is 9.53 Å². The largest absolute Gasteiger partial charge is 0.379 e. The van der Waals surface area contributed by atoms with Crippen LogP contribution in [0.15, 0.2) is 36.7 Å². The van der Waals surface area contributed by atoms with Crippen LogP contribution in [0.2, 0.25) is 5.02 Å². The molecule has 1 aliphatic heterocycles. The first-order valence-electron chi connectivity index (χ1n) is 6.42. The van der Waals surface area contributed by atoms with E-state index in [1.165, 1.54) is 0 Å². The van der Waals surface area contributed by atoms with E-state index in [0.29, 0.717) is 22.9 Å². The zero-order chi connectivity index (χ0) is 13.9. The summed E-state index contributed by atoms with van der Waals surface area (Å²) >= 11 is 6.00. The lowest BCUT2D eigenvalue weighted by Gasteiger charge is -2.07. The Balaban J connectivity index is 1.72. The van der Waals surface area contributed by atoms with E-state index in [1.54, 1.807) is 30.5 Å². The first-order valence-corrected chi connectivity index (χ1v) is 6.79. The number of nitrogens with one attached hydrogen (secondary N) is 1. The summed E-state index contributed by atoms with van der Waals surface area (Å²) in [5, 5.41) is 7.48. The summed E-state index contributed by atoms with van der Waals surface area (Å²) in [6, 6.07) is 7.20. The second-order valence-corrected chi connectivity index (χ2v) is 5.07. The van der Waals surface area contributed by atoms with E-state index >= 15 is 0 Å². The van der Waals surface area contributed by atoms with Crippen LogP contribution in [0.3, 0.4) is 0 Å². The van der Waals surface area contributed by atoms with Gasteiger partial charge in [-0.15, -0.1) is 0 Å².